The van der Waals surface area contributed by atoms with E-state index in [9.17, 15) is 0 Å². The van der Waals surface area contributed by atoms with Crippen molar-refractivity contribution in [1.29, 1.82) is 0 Å². The molecule has 15 heavy (non-hydrogen) atoms. The SMILES string of the molecule is CCN(C)CCNCC1CCCCN1C. The molecule has 1 N–H and O–H groups in total. The van der Waals surface area contributed by atoms with Gasteiger partial charge in [0.05, 0.1) is 0 Å². The van der Waals surface area contributed by atoms with Gasteiger partial charge in [-0.1, -0.05) is 13.3 Å². The second kappa shape index (κ2) is 7.20. The Balaban J connectivity index is 2.03. The second-order valence-corrected chi connectivity index (χ2v) is 4.73. The highest BCUT2D eigenvalue weighted by atomic mass is 15.2. The Hall–Kier alpha value is -0.120. The van der Waals surface area contributed by atoms with Gasteiger partial charge in [-0.05, 0) is 40.0 Å². The van der Waals surface area contributed by atoms with Crippen LogP contribution in [0.2, 0.25) is 0 Å². The number of rotatable bonds is 6. The molecule has 0 aliphatic carbocycles. The molecular weight excluding hydrogens is 186 g/mol. The summed E-state index contributed by atoms with van der Waals surface area (Å²) in [6.07, 6.45) is 4.16. The van der Waals surface area contributed by atoms with Crippen LogP contribution in [0.25, 0.3) is 0 Å². The van der Waals surface area contributed by atoms with Crippen molar-refractivity contribution in [1.82, 2.24) is 15.1 Å². The molecule has 0 aromatic carbocycles. The first-order valence-electron chi connectivity index (χ1n) is 6.33. The molecule has 1 unspecified atom stereocenters. The van der Waals surface area contributed by atoms with Crippen LogP contribution in [-0.4, -0.2) is 62.7 Å². The Morgan fingerprint density at radius 3 is 2.87 bits per heavy atom. The summed E-state index contributed by atoms with van der Waals surface area (Å²) in [6.45, 7) is 8.07. The van der Waals surface area contributed by atoms with Gasteiger partial charge >= 0.3 is 0 Å². The summed E-state index contributed by atoms with van der Waals surface area (Å²) in [5, 5.41) is 3.57. The lowest BCUT2D eigenvalue weighted by Gasteiger charge is -2.32. The van der Waals surface area contributed by atoms with E-state index in [1.165, 1.54) is 25.8 Å². The van der Waals surface area contributed by atoms with E-state index in [0.29, 0.717) is 0 Å². The lowest BCUT2D eigenvalue weighted by atomic mass is 10.0. The number of likely N-dealkylation sites (tertiary alicyclic amines) is 1. The molecule has 1 rings (SSSR count). The first-order chi connectivity index (χ1) is 7.24. The average Bonchev–Trinajstić information content (AvgIpc) is 2.26. The third-order valence-electron chi connectivity index (χ3n) is 3.51. The fraction of sp³-hybridized carbons (Fsp3) is 1.00. The zero-order chi connectivity index (χ0) is 11.1. The molecular formula is C12H27N3. The van der Waals surface area contributed by atoms with Crippen LogP contribution in [0, 0.1) is 0 Å². The third-order valence-corrected chi connectivity index (χ3v) is 3.51. The predicted octanol–water partition coefficient (Wildman–Crippen LogP) is 1.01. The molecule has 0 radical (unpaired) electrons. The van der Waals surface area contributed by atoms with Crippen LogP contribution in [0.1, 0.15) is 26.2 Å². The highest BCUT2D eigenvalue weighted by Gasteiger charge is 2.17. The van der Waals surface area contributed by atoms with E-state index in [1.807, 2.05) is 0 Å². The summed E-state index contributed by atoms with van der Waals surface area (Å²) in [4.78, 5) is 4.84. The molecule has 0 spiro atoms. The van der Waals surface area contributed by atoms with Crippen LogP contribution < -0.4 is 5.32 Å². The Morgan fingerprint density at radius 1 is 1.40 bits per heavy atom. The summed E-state index contributed by atoms with van der Waals surface area (Å²) < 4.78 is 0. The highest BCUT2D eigenvalue weighted by Crippen LogP contribution is 2.13. The zero-order valence-corrected chi connectivity index (χ0v) is 10.6. The van der Waals surface area contributed by atoms with Crippen LogP contribution in [-0.2, 0) is 0 Å². The smallest absolute Gasteiger partial charge is 0.0217 e. The largest absolute Gasteiger partial charge is 0.314 e. The quantitative estimate of drug-likeness (QED) is 0.664. The number of hydrogen-bond donors (Lipinski definition) is 1. The predicted molar refractivity (Wildman–Crippen MR) is 66.3 cm³/mol. The Morgan fingerprint density at radius 2 is 2.20 bits per heavy atom. The molecule has 1 aliphatic rings. The molecule has 0 aromatic heterocycles. The average molecular weight is 213 g/mol. The minimum atomic E-state index is 0.769. The fourth-order valence-electron chi connectivity index (χ4n) is 2.10. The molecule has 90 valence electrons. The molecule has 3 heteroatoms. The highest BCUT2D eigenvalue weighted by molar-refractivity contribution is 4.76. The maximum Gasteiger partial charge on any atom is 0.0217 e. The summed E-state index contributed by atoms with van der Waals surface area (Å²) in [5.74, 6) is 0. The van der Waals surface area contributed by atoms with Crippen LogP contribution in [0.5, 0.6) is 0 Å². The lowest BCUT2D eigenvalue weighted by molar-refractivity contribution is 0.180. The van der Waals surface area contributed by atoms with Crippen LogP contribution >= 0.6 is 0 Å². The number of hydrogen-bond acceptors (Lipinski definition) is 3. The minimum absolute atomic E-state index is 0.769. The topological polar surface area (TPSA) is 18.5 Å². The first kappa shape index (κ1) is 12.9. The van der Waals surface area contributed by atoms with E-state index >= 15 is 0 Å². The van der Waals surface area contributed by atoms with Crippen molar-refractivity contribution in [3.05, 3.63) is 0 Å². The van der Waals surface area contributed by atoms with Crippen LogP contribution in [0.4, 0.5) is 0 Å². The number of nitrogens with one attached hydrogen (secondary N) is 1. The van der Waals surface area contributed by atoms with Gasteiger partial charge in [0.25, 0.3) is 0 Å². The van der Waals surface area contributed by atoms with Gasteiger partial charge < -0.3 is 15.1 Å². The molecule has 0 aromatic rings. The summed E-state index contributed by atoms with van der Waals surface area (Å²) in [6, 6.07) is 0.769. The summed E-state index contributed by atoms with van der Waals surface area (Å²) in [5.41, 5.74) is 0. The van der Waals surface area contributed by atoms with Crippen LogP contribution in [0.3, 0.4) is 0 Å². The van der Waals surface area contributed by atoms with E-state index in [-0.39, 0.29) is 0 Å². The Bertz CT molecular complexity index is 161. The summed E-state index contributed by atoms with van der Waals surface area (Å²) >= 11 is 0. The van der Waals surface area contributed by atoms with Gasteiger partial charge in [0.1, 0.15) is 0 Å². The van der Waals surface area contributed by atoms with Gasteiger partial charge in [-0.25, -0.2) is 0 Å². The molecule has 0 amide bonds. The Kier molecular flexibility index (Phi) is 6.22. The van der Waals surface area contributed by atoms with Crippen molar-refractivity contribution >= 4 is 0 Å². The molecule has 1 atom stereocenters. The molecule has 1 fully saturated rings. The van der Waals surface area contributed by atoms with Gasteiger partial charge in [-0.3, -0.25) is 0 Å². The van der Waals surface area contributed by atoms with Gasteiger partial charge in [0.2, 0.25) is 0 Å². The van der Waals surface area contributed by atoms with Crippen molar-refractivity contribution in [2.45, 2.75) is 32.2 Å². The number of likely N-dealkylation sites (N-methyl/N-ethyl adjacent to an activating group) is 2. The van der Waals surface area contributed by atoms with Gasteiger partial charge in [0, 0.05) is 25.7 Å². The lowest BCUT2D eigenvalue weighted by Crippen LogP contribution is -2.44. The van der Waals surface area contributed by atoms with Gasteiger partial charge in [-0.2, -0.15) is 0 Å². The Labute approximate surface area is 94.8 Å². The van der Waals surface area contributed by atoms with E-state index in [4.69, 9.17) is 0 Å². The maximum absolute atomic E-state index is 3.57. The zero-order valence-electron chi connectivity index (χ0n) is 10.6. The molecule has 1 saturated heterocycles. The van der Waals surface area contributed by atoms with Crippen molar-refractivity contribution in [2.24, 2.45) is 0 Å². The maximum atomic E-state index is 3.57. The molecule has 3 nitrogen and oxygen atoms in total. The van der Waals surface area contributed by atoms with E-state index in [2.05, 4.69) is 36.1 Å². The van der Waals surface area contributed by atoms with Crippen LogP contribution in [0.15, 0.2) is 0 Å². The van der Waals surface area contributed by atoms with Crippen molar-refractivity contribution in [2.75, 3.05) is 46.8 Å². The van der Waals surface area contributed by atoms with Crippen molar-refractivity contribution < 1.29 is 0 Å². The van der Waals surface area contributed by atoms with E-state index in [0.717, 1.165) is 32.2 Å². The minimum Gasteiger partial charge on any atom is -0.314 e. The van der Waals surface area contributed by atoms with Gasteiger partial charge in [0.15, 0.2) is 0 Å². The molecule has 0 saturated carbocycles. The normalized spacial score (nSPS) is 23.6. The third kappa shape index (κ3) is 4.96. The number of nitrogens with zero attached hydrogens (tertiary/aromatic N) is 2. The monoisotopic (exact) mass is 213 g/mol. The first-order valence-corrected chi connectivity index (χ1v) is 6.33. The standard InChI is InChI=1S/C12H27N3/c1-4-14(2)10-8-13-11-12-7-5-6-9-15(12)3/h12-13H,4-11H2,1-3H3. The summed E-state index contributed by atoms with van der Waals surface area (Å²) in [7, 11) is 4.43. The molecule has 1 heterocycles. The fourth-order valence-corrected chi connectivity index (χ4v) is 2.10. The molecule has 1 aliphatic heterocycles. The molecule has 0 bridgehead atoms. The van der Waals surface area contributed by atoms with Gasteiger partial charge in [-0.15, -0.1) is 0 Å². The van der Waals surface area contributed by atoms with Crippen molar-refractivity contribution in [3.8, 4) is 0 Å². The second-order valence-electron chi connectivity index (χ2n) is 4.73. The van der Waals surface area contributed by atoms with Crippen molar-refractivity contribution in [3.63, 3.8) is 0 Å². The van der Waals surface area contributed by atoms with E-state index in [1.54, 1.807) is 0 Å². The number of piperidine rings is 1. The van der Waals surface area contributed by atoms with E-state index < -0.39 is 0 Å².